The van der Waals surface area contributed by atoms with Crippen molar-refractivity contribution in [2.75, 3.05) is 51.4 Å². The molecule has 0 spiro atoms. The van der Waals surface area contributed by atoms with Crippen LogP contribution >= 0.6 is 11.3 Å². The number of carbonyl (C=O) groups is 1. The van der Waals surface area contributed by atoms with Gasteiger partial charge in [-0.3, -0.25) is 9.69 Å². The molecule has 3 aromatic rings. The molecule has 1 N–H and O–H groups in total. The van der Waals surface area contributed by atoms with Gasteiger partial charge in [0.05, 0.1) is 43.6 Å². The fourth-order valence-electron chi connectivity index (χ4n) is 3.36. The number of amides is 1. The van der Waals surface area contributed by atoms with E-state index in [9.17, 15) is 9.18 Å². The number of aromatic nitrogens is 1. The molecule has 1 aliphatic heterocycles. The Morgan fingerprint density at radius 3 is 2.72 bits per heavy atom. The highest BCUT2D eigenvalue weighted by Crippen LogP contribution is 2.30. The van der Waals surface area contributed by atoms with E-state index in [-0.39, 0.29) is 11.7 Å². The quantitative estimate of drug-likeness (QED) is 0.668. The molecule has 2 heterocycles. The molecule has 152 valence electrons. The van der Waals surface area contributed by atoms with Crippen molar-refractivity contribution in [1.29, 1.82) is 0 Å². The third-order valence-electron chi connectivity index (χ3n) is 5.04. The lowest BCUT2D eigenvalue weighted by molar-refractivity contribution is -0.906. The van der Waals surface area contributed by atoms with Crippen molar-refractivity contribution < 1.29 is 23.6 Å². The minimum absolute atomic E-state index is 0.125. The van der Waals surface area contributed by atoms with E-state index >= 15 is 0 Å². The van der Waals surface area contributed by atoms with Gasteiger partial charge in [-0.15, -0.1) is 0 Å². The van der Waals surface area contributed by atoms with Crippen LogP contribution in [0.25, 0.3) is 10.2 Å². The zero-order valence-corrected chi connectivity index (χ0v) is 17.0. The predicted octanol–water partition coefficient (Wildman–Crippen LogP) is 2.01. The van der Waals surface area contributed by atoms with Crippen LogP contribution in [0.3, 0.4) is 0 Å². The summed E-state index contributed by atoms with van der Waals surface area (Å²) in [6, 6.07) is 11.5. The van der Waals surface area contributed by atoms with Crippen LogP contribution in [0, 0.1) is 5.82 Å². The average Bonchev–Trinajstić information content (AvgIpc) is 3.17. The number of halogens is 1. The van der Waals surface area contributed by atoms with Crippen LogP contribution in [0.15, 0.2) is 42.5 Å². The number of nitrogens with one attached hydrogen (secondary N) is 1. The minimum Gasteiger partial charge on any atom is -0.497 e. The first-order valence-corrected chi connectivity index (χ1v) is 10.4. The number of quaternary nitrogens is 1. The average molecular weight is 416 g/mol. The maximum Gasteiger partial charge on any atom is 0.260 e. The zero-order chi connectivity index (χ0) is 20.2. The third-order valence-corrected chi connectivity index (χ3v) is 6.08. The molecule has 8 heteroatoms. The standard InChI is InChI=1S/C21H22FN3O3S/c1-27-17-5-2-15(3-6-17)20(26)25(9-8-24-10-12-28-13-11-24)21-23-18-7-4-16(22)14-19(18)29-21/h2-7,14H,8-13H2,1H3/p+1. The van der Waals surface area contributed by atoms with Crippen LogP contribution in [0.4, 0.5) is 9.52 Å². The highest BCUT2D eigenvalue weighted by Gasteiger charge is 2.24. The zero-order valence-electron chi connectivity index (χ0n) is 16.2. The van der Waals surface area contributed by atoms with Crippen molar-refractivity contribution in [3.63, 3.8) is 0 Å². The fourth-order valence-corrected chi connectivity index (χ4v) is 4.37. The highest BCUT2D eigenvalue weighted by molar-refractivity contribution is 7.22. The molecule has 29 heavy (non-hydrogen) atoms. The predicted molar refractivity (Wildman–Crippen MR) is 111 cm³/mol. The van der Waals surface area contributed by atoms with E-state index in [1.54, 1.807) is 42.3 Å². The van der Waals surface area contributed by atoms with Gasteiger partial charge in [0.25, 0.3) is 5.91 Å². The van der Waals surface area contributed by atoms with Crippen LogP contribution < -0.4 is 14.5 Å². The van der Waals surface area contributed by atoms with Gasteiger partial charge in [-0.1, -0.05) is 11.3 Å². The fraction of sp³-hybridized carbons (Fsp3) is 0.333. The Hall–Kier alpha value is -2.55. The molecular formula is C21H23FN3O3S+. The third kappa shape index (κ3) is 4.55. The van der Waals surface area contributed by atoms with Crippen molar-refractivity contribution in [1.82, 2.24) is 4.98 Å². The number of anilines is 1. The van der Waals surface area contributed by atoms with Crippen molar-refractivity contribution in [3.05, 3.63) is 53.8 Å². The number of hydrogen-bond acceptors (Lipinski definition) is 5. The van der Waals surface area contributed by atoms with Crippen LogP contribution in [-0.2, 0) is 4.74 Å². The Balaban J connectivity index is 1.61. The first-order valence-electron chi connectivity index (χ1n) is 9.57. The summed E-state index contributed by atoms with van der Waals surface area (Å²) in [6.45, 7) is 4.66. The molecule has 1 aromatic heterocycles. The molecule has 0 atom stereocenters. The summed E-state index contributed by atoms with van der Waals surface area (Å²) in [5.74, 6) is 0.264. The molecule has 1 aliphatic rings. The molecule has 0 aliphatic carbocycles. The molecule has 2 aromatic carbocycles. The number of thiazole rings is 1. The number of ether oxygens (including phenoxy) is 2. The number of fused-ring (bicyclic) bond motifs is 1. The summed E-state index contributed by atoms with van der Waals surface area (Å²) >= 11 is 1.33. The SMILES string of the molecule is COc1ccc(C(=O)N(CC[NH+]2CCOCC2)c2nc3ccc(F)cc3s2)cc1. The molecule has 1 amide bonds. The van der Waals surface area contributed by atoms with Gasteiger partial charge in [0, 0.05) is 5.56 Å². The van der Waals surface area contributed by atoms with E-state index < -0.39 is 0 Å². The largest absolute Gasteiger partial charge is 0.497 e. The summed E-state index contributed by atoms with van der Waals surface area (Å²) in [4.78, 5) is 21.0. The summed E-state index contributed by atoms with van der Waals surface area (Å²) in [7, 11) is 1.59. The Kier molecular flexibility index (Phi) is 6.03. The van der Waals surface area contributed by atoms with Crippen LogP contribution in [0.2, 0.25) is 0 Å². The van der Waals surface area contributed by atoms with Crippen molar-refractivity contribution >= 4 is 32.6 Å². The summed E-state index contributed by atoms with van der Waals surface area (Å²) in [6.07, 6.45) is 0. The summed E-state index contributed by atoms with van der Waals surface area (Å²) < 4.78 is 24.9. The van der Waals surface area contributed by atoms with Gasteiger partial charge in [0.1, 0.15) is 24.7 Å². The van der Waals surface area contributed by atoms with Gasteiger partial charge < -0.3 is 14.4 Å². The first-order chi connectivity index (χ1) is 14.1. The number of hydrogen-bond donors (Lipinski definition) is 1. The van der Waals surface area contributed by atoms with Gasteiger partial charge >= 0.3 is 0 Å². The van der Waals surface area contributed by atoms with E-state index in [4.69, 9.17) is 9.47 Å². The summed E-state index contributed by atoms with van der Waals surface area (Å²) in [5, 5.41) is 0.582. The molecule has 4 rings (SSSR count). The van der Waals surface area contributed by atoms with E-state index in [0.29, 0.717) is 28.5 Å². The lowest BCUT2D eigenvalue weighted by Crippen LogP contribution is -3.14. The number of morpholine rings is 1. The number of rotatable bonds is 6. The molecule has 1 fully saturated rings. The Morgan fingerprint density at radius 2 is 2.00 bits per heavy atom. The Labute approximate surface area is 172 Å². The van der Waals surface area contributed by atoms with Crippen molar-refractivity contribution in [2.45, 2.75) is 0 Å². The molecule has 0 unspecified atom stereocenters. The number of benzene rings is 2. The number of methoxy groups -OCH3 is 1. The number of nitrogens with zero attached hydrogens (tertiary/aromatic N) is 2. The minimum atomic E-state index is -0.307. The second kappa shape index (κ2) is 8.86. The van der Waals surface area contributed by atoms with E-state index in [0.717, 1.165) is 37.5 Å². The summed E-state index contributed by atoms with van der Waals surface area (Å²) in [5.41, 5.74) is 1.26. The highest BCUT2D eigenvalue weighted by atomic mass is 32.1. The smallest absolute Gasteiger partial charge is 0.260 e. The van der Waals surface area contributed by atoms with Crippen molar-refractivity contribution in [3.8, 4) is 5.75 Å². The van der Waals surface area contributed by atoms with Crippen LogP contribution in [0.1, 0.15) is 10.4 Å². The van der Waals surface area contributed by atoms with Crippen LogP contribution in [0.5, 0.6) is 5.75 Å². The molecule has 0 radical (unpaired) electrons. The van der Waals surface area contributed by atoms with Gasteiger partial charge in [0.2, 0.25) is 0 Å². The van der Waals surface area contributed by atoms with Gasteiger partial charge in [-0.2, -0.15) is 0 Å². The first kappa shape index (κ1) is 19.8. The van der Waals surface area contributed by atoms with Crippen molar-refractivity contribution in [2.24, 2.45) is 0 Å². The molecule has 1 saturated heterocycles. The lowest BCUT2D eigenvalue weighted by Gasteiger charge is -2.27. The lowest BCUT2D eigenvalue weighted by atomic mass is 10.2. The van der Waals surface area contributed by atoms with Gasteiger partial charge in [0.15, 0.2) is 5.13 Å². The maximum atomic E-state index is 13.6. The second-order valence-corrected chi connectivity index (χ2v) is 7.92. The maximum absolute atomic E-state index is 13.6. The Bertz CT molecular complexity index is 987. The van der Waals surface area contributed by atoms with Gasteiger partial charge in [-0.25, -0.2) is 9.37 Å². The normalized spacial score (nSPS) is 14.8. The Morgan fingerprint density at radius 1 is 1.24 bits per heavy atom. The van der Waals surface area contributed by atoms with Gasteiger partial charge in [-0.05, 0) is 42.5 Å². The van der Waals surface area contributed by atoms with E-state index in [1.165, 1.54) is 28.4 Å². The molecule has 6 nitrogen and oxygen atoms in total. The van der Waals surface area contributed by atoms with E-state index in [1.807, 2.05) is 0 Å². The van der Waals surface area contributed by atoms with E-state index in [2.05, 4.69) is 4.98 Å². The van der Waals surface area contributed by atoms with Crippen LogP contribution in [-0.4, -0.2) is 57.4 Å². The topological polar surface area (TPSA) is 56.1 Å². The molecule has 0 bridgehead atoms. The molecular weight excluding hydrogens is 393 g/mol. The number of carbonyl (C=O) groups excluding carboxylic acids is 1. The molecule has 0 saturated carbocycles. The second-order valence-electron chi connectivity index (χ2n) is 6.91. The monoisotopic (exact) mass is 416 g/mol.